The molecular formula is C12H25NO2. The first kappa shape index (κ1) is 12.9. The molecule has 0 aliphatic carbocycles. The molecule has 3 nitrogen and oxygen atoms in total. The predicted octanol–water partition coefficient (Wildman–Crippen LogP) is 1.96. The SMILES string of the molecule is CC[C@@H](COC)NC1C[C@@H](C)O[C@H](C)C1. The number of nitrogens with one attached hydrogen (secondary N) is 1. The summed E-state index contributed by atoms with van der Waals surface area (Å²) in [4.78, 5) is 0. The standard InChI is InChI=1S/C12H25NO2/c1-5-11(8-14-4)13-12-6-9(2)15-10(3)7-12/h9-13H,5-8H2,1-4H3/t9-,10-,11+/m1/s1. The minimum Gasteiger partial charge on any atom is -0.383 e. The second kappa shape index (κ2) is 6.46. The molecule has 0 amide bonds. The van der Waals surface area contributed by atoms with E-state index in [9.17, 15) is 0 Å². The van der Waals surface area contributed by atoms with Crippen molar-refractivity contribution in [3.63, 3.8) is 0 Å². The second-order valence-corrected chi connectivity index (χ2v) is 4.65. The Balaban J connectivity index is 2.35. The molecule has 0 aromatic carbocycles. The average molecular weight is 215 g/mol. The molecule has 1 aliphatic rings. The van der Waals surface area contributed by atoms with Crippen molar-refractivity contribution in [2.75, 3.05) is 13.7 Å². The van der Waals surface area contributed by atoms with Gasteiger partial charge in [-0.25, -0.2) is 0 Å². The van der Waals surface area contributed by atoms with Gasteiger partial charge >= 0.3 is 0 Å². The van der Waals surface area contributed by atoms with E-state index >= 15 is 0 Å². The number of methoxy groups -OCH3 is 1. The van der Waals surface area contributed by atoms with E-state index in [4.69, 9.17) is 9.47 Å². The van der Waals surface area contributed by atoms with Crippen LogP contribution in [0.1, 0.15) is 40.0 Å². The third-order valence-electron chi connectivity index (χ3n) is 3.03. The van der Waals surface area contributed by atoms with Crippen LogP contribution in [-0.2, 0) is 9.47 Å². The van der Waals surface area contributed by atoms with Gasteiger partial charge in [-0.2, -0.15) is 0 Å². The molecule has 1 saturated heterocycles. The minimum atomic E-state index is 0.381. The lowest BCUT2D eigenvalue weighted by Gasteiger charge is -2.34. The molecule has 1 rings (SSSR count). The molecule has 0 bridgehead atoms. The number of ether oxygens (including phenoxy) is 2. The fourth-order valence-electron chi connectivity index (χ4n) is 2.36. The van der Waals surface area contributed by atoms with Crippen LogP contribution in [0.2, 0.25) is 0 Å². The topological polar surface area (TPSA) is 30.5 Å². The molecule has 1 N–H and O–H groups in total. The van der Waals surface area contributed by atoms with Crippen LogP contribution in [0.4, 0.5) is 0 Å². The molecule has 3 heteroatoms. The summed E-state index contributed by atoms with van der Waals surface area (Å²) >= 11 is 0. The minimum absolute atomic E-state index is 0.381. The summed E-state index contributed by atoms with van der Waals surface area (Å²) in [5.74, 6) is 0. The second-order valence-electron chi connectivity index (χ2n) is 4.65. The van der Waals surface area contributed by atoms with Gasteiger partial charge in [0, 0.05) is 19.2 Å². The molecule has 0 spiro atoms. The monoisotopic (exact) mass is 215 g/mol. The van der Waals surface area contributed by atoms with Gasteiger partial charge in [0.25, 0.3) is 0 Å². The first-order valence-electron chi connectivity index (χ1n) is 6.06. The fourth-order valence-corrected chi connectivity index (χ4v) is 2.36. The van der Waals surface area contributed by atoms with E-state index in [1.54, 1.807) is 7.11 Å². The molecule has 0 radical (unpaired) electrons. The summed E-state index contributed by atoms with van der Waals surface area (Å²) in [6.45, 7) is 7.31. The van der Waals surface area contributed by atoms with E-state index in [0.29, 0.717) is 24.3 Å². The van der Waals surface area contributed by atoms with Crippen LogP contribution in [0.25, 0.3) is 0 Å². The lowest BCUT2D eigenvalue weighted by molar-refractivity contribution is -0.0448. The van der Waals surface area contributed by atoms with Crippen molar-refractivity contribution in [2.45, 2.75) is 64.3 Å². The van der Waals surface area contributed by atoms with Crippen LogP contribution in [0.3, 0.4) is 0 Å². The van der Waals surface area contributed by atoms with Gasteiger partial charge in [-0.15, -0.1) is 0 Å². The highest BCUT2D eigenvalue weighted by atomic mass is 16.5. The van der Waals surface area contributed by atoms with Gasteiger partial charge in [0.2, 0.25) is 0 Å². The summed E-state index contributed by atoms with van der Waals surface area (Å²) in [5, 5.41) is 3.66. The highest BCUT2D eigenvalue weighted by molar-refractivity contribution is 4.81. The molecule has 15 heavy (non-hydrogen) atoms. The van der Waals surface area contributed by atoms with Gasteiger partial charge < -0.3 is 14.8 Å². The van der Waals surface area contributed by atoms with Crippen molar-refractivity contribution < 1.29 is 9.47 Å². The number of hydrogen-bond donors (Lipinski definition) is 1. The Morgan fingerprint density at radius 2 is 1.93 bits per heavy atom. The van der Waals surface area contributed by atoms with E-state index in [-0.39, 0.29) is 0 Å². The smallest absolute Gasteiger partial charge is 0.0615 e. The Hall–Kier alpha value is -0.120. The van der Waals surface area contributed by atoms with E-state index < -0.39 is 0 Å². The predicted molar refractivity (Wildman–Crippen MR) is 62.1 cm³/mol. The zero-order valence-corrected chi connectivity index (χ0v) is 10.5. The van der Waals surface area contributed by atoms with E-state index in [0.717, 1.165) is 25.9 Å². The summed E-state index contributed by atoms with van der Waals surface area (Å²) in [7, 11) is 1.76. The molecule has 90 valence electrons. The van der Waals surface area contributed by atoms with Crippen molar-refractivity contribution in [1.82, 2.24) is 5.32 Å². The molecule has 0 saturated carbocycles. The molecule has 1 aliphatic heterocycles. The molecule has 1 fully saturated rings. The largest absolute Gasteiger partial charge is 0.383 e. The number of hydrogen-bond acceptors (Lipinski definition) is 3. The normalized spacial score (nSPS) is 34.0. The molecule has 3 atom stereocenters. The van der Waals surface area contributed by atoms with Gasteiger partial charge in [0.15, 0.2) is 0 Å². The van der Waals surface area contributed by atoms with Crippen LogP contribution >= 0.6 is 0 Å². The Morgan fingerprint density at radius 1 is 1.33 bits per heavy atom. The van der Waals surface area contributed by atoms with Crippen molar-refractivity contribution in [3.8, 4) is 0 Å². The third kappa shape index (κ3) is 4.49. The molecule has 1 heterocycles. The molecule has 0 aromatic rings. The zero-order valence-electron chi connectivity index (χ0n) is 10.5. The van der Waals surface area contributed by atoms with Crippen molar-refractivity contribution in [1.29, 1.82) is 0 Å². The van der Waals surface area contributed by atoms with Gasteiger partial charge in [-0.1, -0.05) is 6.92 Å². The maximum absolute atomic E-state index is 5.72. The average Bonchev–Trinajstić information content (AvgIpc) is 2.15. The first-order chi connectivity index (χ1) is 7.15. The summed E-state index contributed by atoms with van der Waals surface area (Å²) in [6.07, 6.45) is 4.11. The van der Waals surface area contributed by atoms with E-state index in [1.807, 2.05) is 0 Å². The van der Waals surface area contributed by atoms with E-state index in [2.05, 4.69) is 26.1 Å². The first-order valence-corrected chi connectivity index (χ1v) is 6.06. The van der Waals surface area contributed by atoms with Crippen molar-refractivity contribution in [2.24, 2.45) is 0 Å². The fraction of sp³-hybridized carbons (Fsp3) is 1.00. The lowest BCUT2D eigenvalue weighted by Crippen LogP contribution is -2.47. The Bertz CT molecular complexity index is 165. The zero-order chi connectivity index (χ0) is 11.3. The molecule has 0 aromatic heterocycles. The quantitative estimate of drug-likeness (QED) is 0.760. The Morgan fingerprint density at radius 3 is 2.40 bits per heavy atom. The summed E-state index contributed by atoms with van der Waals surface area (Å²) in [6, 6.07) is 1.07. The maximum Gasteiger partial charge on any atom is 0.0615 e. The molecular weight excluding hydrogens is 190 g/mol. The highest BCUT2D eigenvalue weighted by Gasteiger charge is 2.25. The van der Waals surface area contributed by atoms with Crippen molar-refractivity contribution >= 4 is 0 Å². The third-order valence-corrected chi connectivity index (χ3v) is 3.03. The van der Waals surface area contributed by atoms with Crippen LogP contribution in [-0.4, -0.2) is 38.0 Å². The summed E-state index contributed by atoms with van der Waals surface area (Å²) in [5.41, 5.74) is 0. The summed E-state index contributed by atoms with van der Waals surface area (Å²) < 4.78 is 10.9. The van der Waals surface area contributed by atoms with Crippen LogP contribution in [0, 0.1) is 0 Å². The van der Waals surface area contributed by atoms with Gasteiger partial charge in [-0.3, -0.25) is 0 Å². The van der Waals surface area contributed by atoms with Crippen LogP contribution in [0.15, 0.2) is 0 Å². The van der Waals surface area contributed by atoms with Crippen LogP contribution < -0.4 is 5.32 Å². The highest BCUT2D eigenvalue weighted by Crippen LogP contribution is 2.19. The number of rotatable bonds is 5. The molecule has 0 unspecified atom stereocenters. The van der Waals surface area contributed by atoms with Gasteiger partial charge in [0.1, 0.15) is 0 Å². The van der Waals surface area contributed by atoms with E-state index in [1.165, 1.54) is 0 Å². The van der Waals surface area contributed by atoms with Crippen molar-refractivity contribution in [3.05, 3.63) is 0 Å². The Kier molecular flexibility index (Phi) is 5.58. The van der Waals surface area contributed by atoms with Gasteiger partial charge in [0.05, 0.1) is 18.8 Å². The van der Waals surface area contributed by atoms with Gasteiger partial charge in [-0.05, 0) is 33.1 Å². The maximum atomic E-state index is 5.72. The Labute approximate surface area is 93.5 Å². The lowest BCUT2D eigenvalue weighted by atomic mass is 9.98. The van der Waals surface area contributed by atoms with Crippen LogP contribution in [0.5, 0.6) is 0 Å².